The summed E-state index contributed by atoms with van der Waals surface area (Å²) in [5.41, 5.74) is 0.346. The summed E-state index contributed by atoms with van der Waals surface area (Å²) in [6.07, 6.45) is 8.69. The third kappa shape index (κ3) is 4.48. The quantitative estimate of drug-likeness (QED) is 0.842. The third-order valence-electron chi connectivity index (χ3n) is 6.83. The van der Waals surface area contributed by atoms with E-state index in [-0.39, 0.29) is 12.0 Å². The molecule has 0 bridgehead atoms. The Labute approximate surface area is 166 Å². The number of rotatable bonds is 4. The maximum atomic E-state index is 13.8. The molecule has 1 heterocycles. The molecule has 2 aliphatic carbocycles. The number of hydrogen-bond acceptors (Lipinski definition) is 3. The number of halogens is 2. The molecule has 0 spiro atoms. The highest BCUT2D eigenvalue weighted by molar-refractivity contribution is 5.79. The highest BCUT2D eigenvalue weighted by atomic mass is 19.1. The summed E-state index contributed by atoms with van der Waals surface area (Å²) >= 11 is 0. The van der Waals surface area contributed by atoms with E-state index in [1.54, 1.807) is 0 Å². The summed E-state index contributed by atoms with van der Waals surface area (Å²) < 4.78 is 26.9. The van der Waals surface area contributed by atoms with Gasteiger partial charge in [0.15, 0.2) is 0 Å². The summed E-state index contributed by atoms with van der Waals surface area (Å²) in [6.45, 7) is 3.73. The molecule has 1 aromatic carbocycles. The lowest BCUT2D eigenvalue weighted by molar-refractivity contribution is -0.138. The minimum atomic E-state index is -0.564. The van der Waals surface area contributed by atoms with Crippen molar-refractivity contribution < 1.29 is 13.6 Å². The van der Waals surface area contributed by atoms with E-state index in [4.69, 9.17) is 0 Å². The Bertz CT molecular complexity index is 676. The first-order chi connectivity index (χ1) is 13.6. The predicted octanol–water partition coefficient (Wildman–Crippen LogP) is 4.02. The lowest BCUT2D eigenvalue weighted by Gasteiger charge is -2.40. The fourth-order valence-electron chi connectivity index (χ4n) is 5.15. The van der Waals surface area contributed by atoms with Crippen molar-refractivity contribution in [2.24, 2.45) is 5.92 Å². The van der Waals surface area contributed by atoms with Crippen molar-refractivity contribution in [2.75, 3.05) is 31.5 Å². The monoisotopic (exact) mass is 391 g/mol. The zero-order valence-electron chi connectivity index (χ0n) is 16.5. The van der Waals surface area contributed by atoms with Crippen LogP contribution < -0.4 is 5.32 Å². The lowest BCUT2D eigenvalue weighted by Crippen LogP contribution is -2.53. The maximum absolute atomic E-state index is 13.8. The van der Waals surface area contributed by atoms with Gasteiger partial charge in [-0.25, -0.2) is 8.78 Å². The summed E-state index contributed by atoms with van der Waals surface area (Å²) in [4.78, 5) is 17.6. The Morgan fingerprint density at radius 3 is 2.25 bits per heavy atom. The average Bonchev–Trinajstić information content (AvgIpc) is 3.25. The molecule has 0 radical (unpaired) electrons. The van der Waals surface area contributed by atoms with Gasteiger partial charge in [0.25, 0.3) is 0 Å². The number of nitrogens with one attached hydrogen (secondary N) is 1. The van der Waals surface area contributed by atoms with Crippen LogP contribution in [0.5, 0.6) is 0 Å². The van der Waals surface area contributed by atoms with Crippen molar-refractivity contribution in [3.63, 3.8) is 0 Å². The van der Waals surface area contributed by atoms with Crippen molar-refractivity contribution in [1.82, 2.24) is 9.80 Å². The first-order valence-electron chi connectivity index (χ1n) is 10.8. The number of benzene rings is 1. The number of anilines is 1. The molecule has 3 fully saturated rings. The Balaban J connectivity index is 1.23. The normalized spacial score (nSPS) is 27.1. The highest BCUT2D eigenvalue weighted by Crippen LogP contribution is 2.30. The molecule has 1 amide bonds. The van der Waals surface area contributed by atoms with E-state index >= 15 is 0 Å². The first-order valence-corrected chi connectivity index (χ1v) is 10.8. The van der Waals surface area contributed by atoms with E-state index in [9.17, 15) is 13.6 Å². The van der Waals surface area contributed by atoms with E-state index in [1.807, 2.05) is 0 Å². The average molecular weight is 392 g/mol. The first kappa shape index (κ1) is 19.6. The van der Waals surface area contributed by atoms with Gasteiger partial charge in [-0.1, -0.05) is 12.8 Å². The largest absolute Gasteiger partial charge is 0.380 e. The number of hydrogen-bond donors (Lipinski definition) is 1. The van der Waals surface area contributed by atoms with Gasteiger partial charge in [-0.05, 0) is 50.7 Å². The van der Waals surface area contributed by atoms with Crippen LogP contribution in [-0.4, -0.2) is 54.0 Å². The Morgan fingerprint density at radius 2 is 1.61 bits per heavy atom. The van der Waals surface area contributed by atoms with Gasteiger partial charge in [-0.3, -0.25) is 9.69 Å². The molecule has 3 aliphatic rings. The van der Waals surface area contributed by atoms with Crippen LogP contribution >= 0.6 is 0 Å². The zero-order chi connectivity index (χ0) is 19.5. The molecule has 4 rings (SSSR count). The van der Waals surface area contributed by atoms with Crippen LogP contribution in [-0.2, 0) is 4.79 Å². The highest BCUT2D eigenvalue weighted by Gasteiger charge is 2.33. The molecule has 6 heteroatoms. The summed E-state index contributed by atoms with van der Waals surface area (Å²) in [5.74, 6) is -0.727. The van der Waals surface area contributed by atoms with Crippen LogP contribution in [0.25, 0.3) is 0 Å². The molecule has 0 unspecified atom stereocenters. The second-order valence-electron chi connectivity index (χ2n) is 8.62. The molecule has 1 aliphatic heterocycles. The number of carbonyl (C=O) groups excluding carboxylic acids is 1. The molecule has 28 heavy (non-hydrogen) atoms. The molecular formula is C22H31F2N3O. The summed E-state index contributed by atoms with van der Waals surface area (Å²) in [7, 11) is 0. The van der Waals surface area contributed by atoms with Crippen molar-refractivity contribution in [1.29, 1.82) is 0 Å². The van der Waals surface area contributed by atoms with Crippen LogP contribution in [0.15, 0.2) is 18.2 Å². The third-order valence-corrected chi connectivity index (χ3v) is 6.83. The van der Waals surface area contributed by atoms with Crippen LogP contribution in [0.3, 0.4) is 0 Å². The lowest BCUT2D eigenvalue weighted by atomic mass is 9.85. The van der Waals surface area contributed by atoms with Gasteiger partial charge in [0, 0.05) is 50.2 Å². The number of piperazine rings is 1. The van der Waals surface area contributed by atoms with E-state index < -0.39 is 11.6 Å². The second-order valence-corrected chi connectivity index (χ2v) is 8.62. The fraction of sp³-hybridized carbons (Fsp3) is 0.682. The van der Waals surface area contributed by atoms with Crippen LogP contribution in [0, 0.1) is 17.6 Å². The zero-order valence-corrected chi connectivity index (χ0v) is 16.5. The van der Waals surface area contributed by atoms with Gasteiger partial charge in [0.05, 0.1) is 5.69 Å². The minimum Gasteiger partial charge on any atom is -0.380 e. The van der Waals surface area contributed by atoms with Crippen molar-refractivity contribution in [2.45, 2.75) is 63.5 Å². The predicted molar refractivity (Wildman–Crippen MR) is 106 cm³/mol. The van der Waals surface area contributed by atoms with Gasteiger partial charge in [-0.15, -0.1) is 0 Å². The van der Waals surface area contributed by atoms with Crippen LogP contribution in [0.2, 0.25) is 0 Å². The topological polar surface area (TPSA) is 35.6 Å². The molecule has 4 nitrogen and oxygen atoms in total. The van der Waals surface area contributed by atoms with Crippen molar-refractivity contribution >= 4 is 11.6 Å². The van der Waals surface area contributed by atoms with E-state index in [0.717, 1.165) is 64.0 Å². The number of amides is 1. The molecule has 0 atom stereocenters. The minimum absolute atomic E-state index is 0.0918. The summed E-state index contributed by atoms with van der Waals surface area (Å²) in [5, 5.41) is 3.18. The van der Waals surface area contributed by atoms with Gasteiger partial charge in [-0.2, -0.15) is 0 Å². The SMILES string of the molecule is O=C(C1CCC(Nc2ccc(F)cc2F)CC1)N1CCN(C2CCCC2)CC1. The molecule has 154 valence electrons. The van der Waals surface area contributed by atoms with Gasteiger partial charge >= 0.3 is 0 Å². The van der Waals surface area contributed by atoms with Crippen LogP contribution in [0.1, 0.15) is 51.4 Å². The van der Waals surface area contributed by atoms with E-state index in [1.165, 1.54) is 37.8 Å². The molecule has 1 aromatic rings. The van der Waals surface area contributed by atoms with Crippen LogP contribution in [0.4, 0.5) is 14.5 Å². The van der Waals surface area contributed by atoms with E-state index in [0.29, 0.717) is 11.6 Å². The second kappa shape index (κ2) is 8.76. The molecule has 0 aromatic heterocycles. The van der Waals surface area contributed by atoms with Crippen molar-refractivity contribution in [3.8, 4) is 0 Å². The fourth-order valence-corrected chi connectivity index (χ4v) is 5.15. The maximum Gasteiger partial charge on any atom is 0.225 e. The van der Waals surface area contributed by atoms with E-state index in [2.05, 4.69) is 15.1 Å². The van der Waals surface area contributed by atoms with Gasteiger partial charge in [0.1, 0.15) is 11.6 Å². The van der Waals surface area contributed by atoms with Crippen molar-refractivity contribution in [3.05, 3.63) is 29.8 Å². The van der Waals surface area contributed by atoms with Gasteiger partial charge < -0.3 is 10.2 Å². The standard InChI is InChI=1S/C22H31F2N3O/c23-17-7-10-21(20(24)15-17)25-18-8-5-16(6-9-18)22(28)27-13-11-26(12-14-27)19-3-1-2-4-19/h7,10,15-16,18-19,25H,1-6,8-9,11-14H2. The molecular weight excluding hydrogens is 360 g/mol. The number of carbonyl (C=O) groups is 1. The Kier molecular flexibility index (Phi) is 6.14. The molecule has 1 saturated heterocycles. The molecule has 2 saturated carbocycles. The van der Waals surface area contributed by atoms with Gasteiger partial charge in [0.2, 0.25) is 5.91 Å². The summed E-state index contributed by atoms with van der Waals surface area (Å²) in [6, 6.07) is 4.51. The Morgan fingerprint density at radius 1 is 0.929 bits per heavy atom. The smallest absolute Gasteiger partial charge is 0.225 e. The number of nitrogens with zero attached hydrogens (tertiary/aromatic N) is 2. The Hall–Kier alpha value is -1.69. The molecule has 1 N–H and O–H groups in total.